The van der Waals surface area contributed by atoms with Crippen molar-refractivity contribution in [1.82, 2.24) is 0 Å². The lowest BCUT2D eigenvalue weighted by molar-refractivity contribution is -0.127. The van der Waals surface area contributed by atoms with Crippen molar-refractivity contribution in [2.24, 2.45) is 0 Å². The SMILES string of the molecule is CC1Oc2ccc(NC(=O)Cc3cccs3)cc2N(CC(=O)Nc2ccccc2)C1=O. The van der Waals surface area contributed by atoms with Crippen molar-refractivity contribution in [2.45, 2.75) is 19.4 Å². The zero-order valence-corrected chi connectivity index (χ0v) is 17.6. The van der Waals surface area contributed by atoms with E-state index in [1.807, 2.05) is 35.7 Å². The molecule has 7 nitrogen and oxygen atoms in total. The van der Waals surface area contributed by atoms with Gasteiger partial charge >= 0.3 is 0 Å². The smallest absolute Gasteiger partial charge is 0.268 e. The Kier molecular flexibility index (Phi) is 5.99. The van der Waals surface area contributed by atoms with E-state index in [0.717, 1.165) is 4.88 Å². The van der Waals surface area contributed by atoms with Crippen LogP contribution in [-0.2, 0) is 20.8 Å². The first kappa shape index (κ1) is 20.6. The molecule has 1 aliphatic heterocycles. The van der Waals surface area contributed by atoms with Crippen molar-refractivity contribution in [3.63, 3.8) is 0 Å². The molecule has 158 valence electrons. The highest BCUT2D eigenvalue weighted by molar-refractivity contribution is 7.10. The monoisotopic (exact) mass is 435 g/mol. The Hall–Kier alpha value is -3.65. The number of hydrogen-bond donors (Lipinski definition) is 2. The summed E-state index contributed by atoms with van der Waals surface area (Å²) in [5.41, 5.74) is 1.62. The lowest BCUT2D eigenvalue weighted by Gasteiger charge is -2.33. The van der Waals surface area contributed by atoms with Gasteiger partial charge in [0.05, 0.1) is 12.1 Å². The third-order valence-electron chi connectivity index (χ3n) is 4.73. The normalized spacial score (nSPS) is 15.1. The minimum absolute atomic E-state index is 0.160. The molecule has 0 saturated carbocycles. The van der Waals surface area contributed by atoms with Gasteiger partial charge in [-0.1, -0.05) is 24.3 Å². The Labute approximate surface area is 183 Å². The van der Waals surface area contributed by atoms with Crippen LogP contribution >= 0.6 is 11.3 Å². The fourth-order valence-electron chi connectivity index (χ4n) is 3.29. The van der Waals surface area contributed by atoms with Crippen LogP contribution in [-0.4, -0.2) is 30.4 Å². The Bertz CT molecular complexity index is 1100. The zero-order chi connectivity index (χ0) is 21.8. The van der Waals surface area contributed by atoms with E-state index in [2.05, 4.69) is 10.6 Å². The summed E-state index contributed by atoms with van der Waals surface area (Å²) in [7, 11) is 0. The third kappa shape index (κ3) is 4.92. The van der Waals surface area contributed by atoms with E-state index in [1.165, 1.54) is 16.2 Å². The first-order valence-corrected chi connectivity index (χ1v) is 10.7. The number of nitrogens with one attached hydrogen (secondary N) is 2. The number of anilines is 3. The van der Waals surface area contributed by atoms with E-state index in [4.69, 9.17) is 4.74 Å². The molecule has 2 N–H and O–H groups in total. The third-order valence-corrected chi connectivity index (χ3v) is 5.60. The van der Waals surface area contributed by atoms with Gasteiger partial charge in [-0.2, -0.15) is 0 Å². The van der Waals surface area contributed by atoms with Gasteiger partial charge in [0.25, 0.3) is 5.91 Å². The van der Waals surface area contributed by atoms with E-state index in [9.17, 15) is 14.4 Å². The molecule has 2 heterocycles. The second-order valence-electron chi connectivity index (χ2n) is 7.09. The first-order chi connectivity index (χ1) is 15.0. The Morgan fingerprint density at radius 1 is 1.00 bits per heavy atom. The number of fused-ring (bicyclic) bond motifs is 1. The molecule has 31 heavy (non-hydrogen) atoms. The number of carbonyl (C=O) groups excluding carboxylic acids is 3. The fraction of sp³-hybridized carbons (Fsp3) is 0.174. The van der Waals surface area contributed by atoms with Crippen LogP contribution in [0.15, 0.2) is 66.0 Å². The summed E-state index contributed by atoms with van der Waals surface area (Å²) in [6.45, 7) is 1.48. The molecule has 0 fully saturated rings. The van der Waals surface area contributed by atoms with Crippen molar-refractivity contribution in [1.29, 1.82) is 0 Å². The number of para-hydroxylation sites is 1. The Morgan fingerprint density at radius 2 is 1.77 bits per heavy atom. The number of thiophene rings is 1. The molecule has 4 rings (SSSR count). The van der Waals surface area contributed by atoms with Gasteiger partial charge < -0.3 is 15.4 Å². The summed E-state index contributed by atoms with van der Waals surface area (Å²) >= 11 is 1.51. The predicted octanol–water partition coefficient (Wildman–Crippen LogP) is 3.68. The highest BCUT2D eigenvalue weighted by Crippen LogP contribution is 2.36. The molecule has 2 aromatic carbocycles. The molecule has 0 spiro atoms. The van der Waals surface area contributed by atoms with E-state index in [1.54, 1.807) is 37.3 Å². The molecular formula is C23H21N3O4S. The Morgan fingerprint density at radius 3 is 2.52 bits per heavy atom. The maximum absolute atomic E-state index is 12.8. The number of nitrogens with zero attached hydrogens (tertiary/aromatic N) is 1. The summed E-state index contributed by atoms with van der Waals surface area (Å²) in [5, 5.41) is 7.55. The number of ether oxygens (including phenoxy) is 1. The number of hydrogen-bond acceptors (Lipinski definition) is 5. The number of rotatable bonds is 6. The lowest BCUT2D eigenvalue weighted by Crippen LogP contribution is -2.47. The van der Waals surface area contributed by atoms with E-state index in [0.29, 0.717) is 22.8 Å². The largest absolute Gasteiger partial charge is 0.479 e. The molecule has 8 heteroatoms. The molecule has 1 atom stereocenters. The van der Waals surface area contributed by atoms with Gasteiger partial charge in [0, 0.05) is 16.3 Å². The van der Waals surface area contributed by atoms with Gasteiger partial charge in [0.2, 0.25) is 11.8 Å². The molecule has 1 aliphatic rings. The first-order valence-electron chi connectivity index (χ1n) is 9.79. The predicted molar refractivity (Wildman–Crippen MR) is 121 cm³/mol. The van der Waals surface area contributed by atoms with E-state index in [-0.39, 0.29) is 30.7 Å². The molecule has 0 radical (unpaired) electrons. The van der Waals surface area contributed by atoms with Crippen LogP contribution in [0, 0.1) is 0 Å². The zero-order valence-electron chi connectivity index (χ0n) is 16.8. The van der Waals surface area contributed by atoms with Crippen LogP contribution in [0.1, 0.15) is 11.8 Å². The van der Waals surface area contributed by atoms with Gasteiger partial charge in [-0.15, -0.1) is 11.3 Å². The van der Waals surface area contributed by atoms with Crippen molar-refractivity contribution in [3.05, 3.63) is 70.9 Å². The summed E-state index contributed by atoms with van der Waals surface area (Å²) in [6.07, 6.45) is -0.443. The van der Waals surface area contributed by atoms with Crippen LogP contribution in [0.4, 0.5) is 17.1 Å². The highest BCUT2D eigenvalue weighted by Gasteiger charge is 2.33. The minimum Gasteiger partial charge on any atom is -0.479 e. The van der Waals surface area contributed by atoms with Gasteiger partial charge in [-0.05, 0) is 48.7 Å². The summed E-state index contributed by atoms with van der Waals surface area (Å²) in [4.78, 5) is 40.0. The lowest BCUT2D eigenvalue weighted by atomic mass is 10.1. The van der Waals surface area contributed by atoms with Crippen molar-refractivity contribution in [2.75, 3.05) is 22.1 Å². The van der Waals surface area contributed by atoms with Gasteiger partial charge in [-0.3, -0.25) is 19.3 Å². The molecular weight excluding hydrogens is 414 g/mol. The van der Waals surface area contributed by atoms with Crippen LogP contribution in [0.5, 0.6) is 5.75 Å². The summed E-state index contributed by atoms with van der Waals surface area (Å²) < 4.78 is 5.69. The maximum atomic E-state index is 12.8. The molecule has 0 bridgehead atoms. The average Bonchev–Trinajstić information content (AvgIpc) is 3.25. The summed E-state index contributed by atoms with van der Waals surface area (Å²) in [6, 6.07) is 17.9. The van der Waals surface area contributed by atoms with Crippen LogP contribution in [0.25, 0.3) is 0 Å². The summed E-state index contributed by atoms with van der Waals surface area (Å²) in [5.74, 6) is -0.326. The molecule has 0 saturated heterocycles. The van der Waals surface area contributed by atoms with Crippen LogP contribution < -0.4 is 20.3 Å². The van der Waals surface area contributed by atoms with Gasteiger partial charge in [0.15, 0.2) is 6.10 Å². The molecule has 1 unspecified atom stereocenters. The molecule has 1 aromatic heterocycles. The minimum atomic E-state index is -0.712. The van der Waals surface area contributed by atoms with Gasteiger partial charge in [0.1, 0.15) is 12.3 Å². The van der Waals surface area contributed by atoms with E-state index >= 15 is 0 Å². The molecule has 3 amide bonds. The van der Waals surface area contributed by atoms with Crippen LogP contribution in [0.2, 0.25) is 0 Å². The topological polar surface area (TPSA) is 87.7 Å². The highest BCUT2D eigenvalue weighted by atomic mass is 32.1. The van der Waals surface area contributed by atoms with Crippen molar-refractivity contribution in [3.8, 4) is 5.75 Å². The maximum Gasteiger partial charge on any atom is 0.268 e. The van der Waals surface area contributed by atoms with E-state index < -0.39 is 6.10 Å². The number of benzene rings is 2. The number of amides is 3. The number of carbonyl (C=O) groups is 3. The van der Waals surface area contributed by atoms with Gasteiger partial charge in [-0.25, -0.2) is 0 Å². The quantitative estimate of drug-likeness (QED) is 0.618. The van der Waals surface area contributed by atoms with Crippen molar-refractivity contribution >= 4 is 46.1 Å². The van der Waals surface area contributed by atoms with Crippen molar-refractivity contribution < 1.29 is 19.1 Å². The standard InChI is InChI=1S/C23H21N3O4S/c1-15-23(29)26(14-22(28)24-16-6-3-2-4-7-16)19-12-17(9-10-20(19)30-15)25-21(27)13-18-8-5-11-31-18/h2-12,15H,13-14H2,1H3,(H,24,28)(H,25,27). The average molecular weight is 436 g/mol. The fourth-order valence-corrected chi connectivity index (χ4v) is 3.99. The Balaban J connectivity index is 1.51. The second kappa shape index (κ2) is 9.01. The second-order valence-corrected chi connectivity index (χ2v) is 8.12. The molecule has 0 aliphatic carbocycles. The molecule has 3 aromatic rings. The van der Waals surface area contributed by atoms with Crippen LogP contribution in [0.3, 0.4) is 0 Å².